The van der Waals surface area contributed by atoms with Gasteiger partial charge >= 0.3 is 11.9 Å². The fourth-order valence-electron chi connectivity index (χ4n) is 7.17. The molecule has 0 aromatic rings. The van der Waals surface area contributed by atoms with E-state index < -0.39 is 0 Å². The number of rotatable bonds is 7. The Morgan fingerprint density at radius 1 is 0.786 bits per heavy atom. The Kier molecular flexibility index (Phi) is 8.13. The first kappa shape index (κ1) is 29.2. The van der Waals surface area contributed by atoms with E-state index in [2.05, 4.69) is 39.2 Å². The maximum atomic E-state index is 12.2. The molecule has 0 bridgehead atoms. The number of aliphatic imine (C=N–C) groups is 2. The van der Waals surface area contributed by atoms with Crippen molar-refractivity contribution in [2.75, 3.05) is 13.1 Å². The number of carbonyl (C=O) groups excluding carboxylic acids is 2. The Morgan fingerprint density at radius 2 is 1.21 bits per heavy atom. The maximum absolute atomic E-state index is 12.2. The van der Waals surface area contributed by atoms with Crippen molar-refractivity contribution in [2.45, 2.75) is 114 Å². The Labute approximate surface area is 249 Å². The molecule has 0 radical (unpaired) electrons. The van der Waals surface area contributed by atoms with Crippen LogP contribution in [0.5, 0.6) is 0 Å². The molecule has 8 atom stereocenters. The summed E-state index contributed by atoms with van der Waals surface area (Å²) < 4.78 is 23.3. The lowest BCUT2D eigenvalue weighted by molar-refractivity contribution is -0.140. The first-order valence-corrected chi connectivity index (χ1v) is 15.7. The summed E-state index contributed by atoms with van der Waals surface area (Å²) in [5, 5.41) is 0. The van der Waals surface area contributed by atoms with E-state index in [1.807, 2.05) is 12.4 Å². The Bertz CT molecular complexity index is 1170. The molecule has 226 valence electrons. The summed E-state index contributed by atoms with van der Waals surface area (Å²) in [4.78, 5) is 33.8. The fraction of sp³-hybridized carbons (Fsp3) is 0.647. The van der Waals surface area contributed by atoms with E-state index in [-0.39, 0.29) is 59.4 Å². The van der Waals surface area contributed by atoms with Gasteiger partial charge in [0.25, 0.3) is 0 Å². The number of ether oxygens (including phenoxy) is 4. The molecule has 4 saturated heterocycles. The Balaban J connectivity index is 0.954. The van der Waals surface area contributed by atoms with Crippen molar-refractivity contribution in [2.24, 2.45) is 21.8 Å². The first-order chi connectivity index (χ1) is 20.2. The van der Waals surface area contributed by atoms with Crippen LogP contribution < -0.4 is 0 Å². The molecule has 0 amide bonds. The van der Waals surface area contributed by atoms with Crippen LogP contribution in [-0.4, -0.2) is 73.1 Å². The maximum Gasteiger partial charge on any atom is 0.334 e. The van der Waals surface area contributed by atoms with Gasteiger partial charge in [-0.25, -0.2) is 9.59 Å². The molecule has 8 nitrogen and oxygen atoms in total. The van der Waals surface area contributed by atoms with Crippen molar-refractivity contribution in [1.29, 1.82) is 0 Å². The molecule has 6 aliphatic rings. The second-order valence-corrected chi connectivity index (χ2v) is 13.2. The number of carbonyl (C=O) groups is 2. The van der Waals surface area contributed by atoms with Crippen LogP contribution in [-0.2, 0) is 28.5 Å². The van der Waals surface area contributed by atoms with E-state index >= 15 is 0 Å². The highest BCUT2D eigenvalue weighted by atomic mass is 16.7. The lowest BCUT2D eigenvalue weighted by atomic mass is 9.84. The highest BCUT2D eigenvalue weighted by Crippen LogP contribution is 2.51. The van der Waals surface area contributed by atoms with Crippen LogP contribution in [0.4, 0.5) is 0 Å². The summed E-state index contributed by atoms with van der Waals surface area (Å²) in [7, 11) is 0. The molecule has 2 aliphatic carbocycles. The van der Waals surface area contributed by atoms with E-state index in [9.17, 15) is 9.59 Å². The van der Waals surface area contributed by atoms with Gasteiger partial charge in [0.05, 0.1) is 11.2 Å². The van der Waals surface area contributed by atoms with Crippen molar-refractivity contribution < 1.29 is 28.5 Å². The third-order valence-corrected chi connectivity index (χ3v) is 10.1. The van der Waals surface area contributed by atoms with E-state index in [4.69, 9.17) is 28.9 Å². The second kappa shape index (κ2) is 11.7. The van der Waals surface area contributed by atoms with E-state index in [1.54, 1.807) is 0 Å². The van der Waals surface area contributed by atoms with Gasteiger partial charge in [-0.3, -0.25) is 9.98 Å². The van der Waals surface area contributed by atoms with Gasteiger partial charge in [-0.2, -0.15) is 0 Å². The Morgan fingerprint density at radius 3 is 1.64 bits per heavy atom. The molecule has 0 saturated carbocycles. The van der Waals surface area contributed by atoms with Crippen molar-refractivity contribution in [3.05, 3.63) is 47.6 Å². The van der Waals surface area contributed by atoms with Gasteiger partial charge in [0.15, 0.2) is 0 Å². The topological polar surface area (TPSA) is 102 Å². The molecule has 6 rings (SSSR count). The number of epoxide rings is 2. The van der Waals surface area contributed by atoms with Gasteiger partial charge in [-0.1, -0.05) is 25.3 Å². The number of nitrogens with zero attached hydrogens (tertiary/aromatic N) is 2. The number of allylic oxidation sites excluding steroid dienone is 4. The molecule has 4 fully saturated rings. The molecule has 42 heavy (non-hydrogen) atoms. The minimum atomic E-state index is -0.277. The molecule has 0 unspecified atom stereocenters. The van der Waals surface area contributed by atoms with Crippen molar-refractivity contribution in [3.63, 3.8) is 0 Å². The summed E-state index contributed by atoms with van der Waals surface area (Å²) in [6, 6.07) is 0. The van der Waals surface area contributed by atoms with E-state index in [0.29, 0.717) is 11.1 Å². The minimum absolute atomic E-state index is 0.00939. The fourth-order valence-corrected chi connectivity index (χ4v) is 7.17. The van der Waals surface area contributed by atoms with Crippen molar-refractivity contribution in [1.82, 2.24) is 0 Å². The zero-order valence-corrected chi connectivity index (χ0v) is 25.0. The van der Waals surface area contributed by atoms with Gasteiger partial charge in [-0.05, 0) is 89.2 Å². The molecule has 8 heteroatoms. The number of hydrogen-bond donors (Lipinski definition) is 0. The zero-order chi connectivity index (χ0) is 29.5. The predicted octanol–water partition coefficient (Wildman–Crippen LogP) is 5.42. The Hall–Kier alpha value is -2.84. The third kappa shape index (κ3) is 5.98. The van der Waals surface area contributed by atoms with Gasteiger partial charge in [0.1, 0.15) is 24.4 Å². The van der Waals surface area contributed by atoms with E-state index in [0.717, 1.165) is 77.3 Å². The minimum Gasteiger partial charge on any atom is -0.455 e. The van der Waals surface area contributed by atoms with Gasteiger partial charge < -0.3 is 18.9 Å². The number of unbranched alkanes of at least 4 members (excludes halogenated alkanes) is 1. The lowest BCUT2D eigenvalue weighted by Crippen LogP contribution is -2.28. The smallest absolute Gasteiger partial charge is 0.334 e. The van der Waals surface area contributed by atoms with E-state index in [1.165, 1.54) is 11.1 Å². The van der Waals surface area contributed by atoms with Crippen LogP contribution in [0.1, 0.15) is 78.1 Å². The molecule has 0 aromatic carbocycles. The lowest BCUT2D eigenvalue weighted by Gasteiger charge is -2.19. The molecule has 4 heterocycles. The van der Waals surface area contributed by atoms with Crippen LogP contribution in [0, 0.1) is 11.8 Å². The largest absolute Gasteiger partial charge is 0.455 e. The summed E-state index contributed by atoms with van der Waals surface area (Å²) in [5.74, 6) is -0.536. The third-order valence-electron chi connectivity index (χ3n) is 10.1. The van der Waals surface area contributed by atoms with Crippen molar-refractivity contribution >= 4 is 24.4 Å². The summed E-state index contributed by atoms with van der Waals surface area (Å²) in [6.45, 7) is 13.8. The average molecular weight is 577 g/mol. The van der Waals surface area contributed by atoms with Crippen LogP contribution in [0.15, 0.2) is 57.6 Å². The van der Waals surface area contributed by atoms with Gasteiger partial charge in [-0.15, -0.1) is 0 Å². The van der Waals surface area contributed by atoms with Crippen LogP contribution >= 0.6 is 0 Å². The number of fused-ring (bicyclic) bond motifs is 6. The predicted molar refractivity (Wildman–Crippen MR) is 161 cm³/mol. The highest BCUT2D eigenvalue weighted by Gasteiger charge is 2.62. The van der Waals surface area contributed by atoms with Gasteiger partial charge in [0, 0.05) is 48.5 Å². The van der Waals surface area contributed by atoms with Crippen LogP contribution in [0.25, 0.3) is 0 Å². The quantitative estimate of drug-likeness (QED) is 0.132. The SMILES string of the molecule is C=C1C(=O)O[C@H]2[C@H]1CCC(/C=N\CCCC/N=C/C1=C/CC[C@@]3(C)O[C@H]3[C@H]3OC(=O)C(=C)[C@@H]3CC1)=C\CC[C@@]1(C)O[C@@H]21. The van der Waals surface area contributed by atoms with Gasteiger partial charge in [0.2, 0.25) is 0 Å². The molecule has 0 aromatic heterocycles. The normalized spacial score (nSPS) is 42.4. The summed E-state index contributed by atoms with van der Waals surface area (Å²) in [6.07, 6.45) is 17.1. The first-order valence-electron chi connectivity index (χ1n) is 15.7. The summed E-state index contributed by atoms with van der Waals surface area (Å²) >= 11 is 0. The monoisotopic (exact) mass is 576 g/mol. The van der Waals surface area contributed by atoms with Crippen LogP contribution in [0.3, 0.4) is 0 Å². The standard InChI is InChI=1S/C34H44N2O6/c1-21-25-13-11-23(9-7-15-33(3)29(41-33)27(25)39-31(21)37)19-35-17-5-6-18-36-20-24-10-8-16-34(4)30(42-34)28-26(14-12-24)22(2)32(38)40-28/h9-10,19-20,25-30H,1-2,5-8,11-18H2,3-4H3/b23-9+,24-10+,35-19-,36-20+/t25-,26-,27-,28-,29-,30-,33+,34+/m0/s1. The molecule has 4 aliphatic heterocycles. The molecule has 0 N–H and O–H groups in total. The second-order valence-electron chi connectivity index (χ2n) is 13.2. The zero-order valence-electron chi connectivity index (χ0n) is 25.0. The molecular weight excluding hydrogens is 532 g/mol. The number of hydrogen-bond acceptors (Lipinski definition) is 8. The highest BCUT2D eigenvalue weighted by molar-refractivity contribution is 5.91. The van der Waals surface area contributed by atoms with Crippen LogP contribution in [0.2, 0.25) is 0 Å². The summed E-state index contributed by atoms with van der Waals surface area (Å²) in [5.41, 5.74) is 3.13. The average Bonchev–Trinajstić information content (AvgIpc) is 3.77. The number of esters is 2. The van der Waals surface area contributed by atoms with Crippen molar-refractivity contribution in [3.8, 4) is 0 Å². The molecule has 0 spiro atoms. The molecular formula is C34H44N2O6.